The number of nitrogens with zero attached hydrogens (tertiary/aromatic N) is 2. The third-order valence-electron chi connectivity index (χ3n) is 6.17. The normalized spacial score (nSPS) is 14.4. The summed E-state index contributed by atoms with van der Waals surface area (Å²) in [5.41, 5.74) is 0.630. The highest BCUT2D eigenvalue weighted by Crippen LogP contribution is 2.18. The van der Waals surface area contributed by atoms with Crippen LogP contribution in [0.2, 0.25) is 0 Å². The molecule has 2 aromatic carbocycles. The number of hydrogen-bond acceptors (Lipinski definition) is 6. The highest BCUT2D eigenvalue weighted by atomic mass is 32.2. The smallest absolute Gasteiger partial charge is 0.328 e. The number of para-hydroxylation sites is 1. The van der Waals surface area contributed by atoms with Gasteiger partial charge in [0.05, 0.1) is 15.8 Å². The topological polar surface area (TPSA) is 139 Å². The Morgan fingerprint density at radius 3 is 2.42 bits per heavy atom. The number of carbonyl (C=O) groups is 2. The van der Waals surface area contributed by atoms with Gasteiger partial charge in [-0.1, -0.05) is 38.3 Å². The number of aryl methyl sites for hydroxylation is 1. The largest absolute Gasteiger partial charge is 0.335 e. The zero-order valence-electron chi connectivity index (χ0n) is 20.0. The molecule has 190 valence electrons. The molecule has 3 amide bonds. The van der Waals surface area contributed by atoms with Crippen LogP contribution in [0, 0.1) is 0 Å². The van der Waals surface area contributed by atoms with Crippen molar-refractivity contribution < 1.29 is 18.0 Å². The number of benzene rings is 2. The van der Waals surface area contributed by atoms with Crippen LogP contribution in [0.25, 0.3) is 10.9 Å². The van der Waals surface area contributed by atoms with E-state index >= 15 is 0 Å². The van der Waals surface area contributed by atoms with E-state index < -0.39 is 22.0 Å². The monoisotopic (exact) mass is 511 g/mol. The van der Waals surface area contributed by atoms with E-state index in [4.69, 9.17) is 0 Å². The van der Waals surface area contributed by atoms with Gasteiger partial charge in [-0.2, -0.15) is 0 Å². The third-order valence-corrected chi connectivity index (χ3v) is 7.52. The number of amides is 3. The molecule has 0 radical (unpaired) electrons. The molecule has 0 saturated heterocycles. The molecule has 1 aliphatic rings. The number of hydrogen-bond donors (Lipinski definition) is 3. The van der Waals surface area contributed by atoms with Crippen molar-refractivity contribution >= 4 is 38.6 Å². The standard InChI is InChI=1S/C25H29N5O5S/c1-2-22-28-21-11-7-6-10-20(21)24(32)30(22)16-23(31)26-18-12-14-19(15-13-18)36(34,35)29-25(33)27-17-8-4-3-5-9-17/h6-7,10-15,17H,2-5,8-9,16H2,1H3,(H,26,31)(H2,27,29,33). The summed E-state index contributed by atoms with van der Waals surface area (Å²) < 4.78 is 28.5. The van der Waals surface area contributed by atoms with Crippen LogP contribution in [0.15, 0.2) is 58.2 Å². The molecule has 11 heteroatoms. The fraction of sp³-hybridized carbons (Fsp3) is 0.360. The van der Waals surface area contributed by atoms with Gasteiger partial charge in [0.15, 0.2) is 0 Å². The number of fused-ring (bicyclic) bond motifs is 1. The van der Waals surface area contributed by atoms with Crippen LogP contribution in [0.5, 0.6) is 0 Å². The average Bonchev–Trinajstić information content (AvgIpc) is 2.86. The predicted molar refractivity (Wildman–Crippen MR) is 136 cm³/mol. The summed E-state index contributed by atoms with van der Waals surface area (Å²) in [4.78, 5) is 42.1. The van der Waals surface area contributed by atoms with Crippen molar-refractivity contribution in [1.29, 1.82) is 0 Å². The number of anilines is 1. The Labute approximate surface area is 209 Å². The first-order chi connectivity index (χ1) is 17.3. The molecule has 3 aromatic rings. The lowest BCUT2D eigenvalue weighted by Crippen LogP contribution is -2.45. The Morgan fingerprint density at radius 2 is 1.72 bits per heavy atom. The predicted octanol–water partition coefficient (Wildman–Crippen LogP) is 2.92. The van der Waals surface area contributed by atoms with E-state index in [1.165, 1.54) is 28.8 Å². The first-order valence-electron chi connectivity index (χ1n) is 12.0. The van der Waals surface area contributed by atoms with E-state index in [1.807, 2.05) is 11.6 Å². The van der Waals surface area contributed by atoms with Crippen LogP contribution in [0.3, 0.4) is 0 Å². The van der Waals surface area contributed by atoms with Gasteiger partial charge in [0, 0.05) is 18.2 Å². The summed E-state index contributed by atoms with van der Waals surface area (Å²) in [6, 6.07) is 11.6. The lowest BCUT2D eigenvalue weighted by molar-refractivity contribution is -0.116. The minimum Gasteiger partial charge on any atom is -0.335 e. The van der Waals surface area contributed by atoms with Crippen molar-refractivity contribution in [2.45, 2.75) is 62.9 Å². The second-order valence-electron chi connectivity index (χ2n) is 8.78. The lowest BCUT2D eigenvalue weighted by Gasteiger charge is -2.22. The Balaban J connectivity index is 1.41. The van der Waals surface area contributed by atoms with Crippen LogP contribution < -0.4 is 20.9 Å². The second-order valence-corrected chi connectivity index (χ2v) is 10.5. The molecule has 36 heavy (non-hydrogen) atoms. The van der Waals surface area contributed by atoms with E-state index in [0.717, 1.165) is 32.1 Å². The van der Waals surface area contributed by atoms with Gasteiger partial charge in [0.25, 0.3) is 15.6 Å². The summed E-state index contributed by atoms with van der Waals surface area (Å²) in [6.45, 7) is 1.62. The first kappa shape index (κ1) is 25.4. The fourth-order valence-electron chi connectivity index (χ4n) is 4.35. The van der Waals surface area contributed by atoms with Crippen molar-refractivity contribution in [2.75, 3.05) is 5.32 Å². The summed E-state index contributed by atoms with van der Waals surface area (Å²) in [6.07, 6.45) is 5.29. The average molecular weight is 512 g/mol. The van der Waals surface area contributed by atoms with Gasteiger partial charge in [0.2, 0.25) is 5.91 Å². The molecule has 1 aliphatic carbocycles. The summed E-state index contributed by atoms with van der Waals surface area (Å²) in [7, 11) is -4.07. The summed E-state index contributed by atoms with van der Waals surface area (Å²) in [5, 5.41) is 5.81. The first-order valence-corrected chi connectivity index (χ1v) is 13.5. The molecule has 0 spiro atoms. The number of nitrogens with one attached hydrogen (secondary N) is 3. The highest BCUT2D eigenvalue weighted by molar-refractivity contribution is 7.90. The van der Waals surface area contributed by atoms with Crippen LogP contribution in [0.4, 0.5) is 10.5 Å². The van der Waals surface area contributed by atoms with Crippen LogP contribution >= 0.6 is 0 Å². The van der Waals surface area contributed by atoms with Crippen molar-refractivity contribution in [3.8, 4) is 0 Å². The third kappa shape index (κ3) is 5.91. The second kappa shape index (κ2) is 10.9. The maximum atomic E-state index is 12.9. The lowest BCUT2D eigenvalue weighted by atomic mass is 9.96. The van der Waals surface area contributed by atoms with E-state index in [9.17, 15) is 22.8 Å². The maximum absolute atomic E-state index is 12.9. The molecule has 0 atom stereocenters. The van der Waals surface area contributed by atoms with Crippen LogP contribution in [-0.2, 0) is 27.8 Å². The number of aromatic nitrogens is 2. The van der Waals surface area contributed by atoms with Gasteiger partial charge in [-0.05, 0) is 49.2 Å². The van der Waals surface area contributed by atoms with Gasteiger partial charge >= 0.3 is 6.03 Å². The van der Waals surface area contributed by atoms with Crippen LogP contribution in [-0.4, -0.2) is 35.9 Å². The van der Waals surface area contributed by atoms with Crippen molar-refractivity contribution in [3.63, 3.8) is 0 Å². The molecule has 1 aromatic heterocycles. The molecular formula is C25H29N5O5S. The van der Waals surface area contributed by atoms with Crippen LogP contribution in [0.1, 0.15) is 44.9 Å². The van der Waals surface area contributed by atoms with E-state index in [0.29, 0.717) is 28.8 Å². The number of urea groups is 1. The molecule has 0 unspecified atom stereocenters. The van der Waals surface area contributed by atoms with E-state index in [1.54, 1.807) is 24.3 Å². The molecule has 10 nitrogen and oxygen atoms in total. The molecule has 1 saturated carbocycles. The Bertz CT molecular complexity index is 1430. The van der Waals surface area contributed by atoms with Gasteiger partial charge in [0.1, 0.15) is 12.4 Å². The van der Waals surface area contributed by atoms with Gasteiger partial charge in [-0.15, -0.1) is 0 Å². The Hall–Kier alpha value is -3.73. The van der Waals surface area contributed by atoms with E-state index in [-0.39, 0.29) is 23.0 Å². The summed E-state index contributed by atoms with van der Waals surface area (Å²) >= 11 is 0. The molecule has 3 N–H and O–H groups in total. The molecule has 1 heterocycles. The van der Waals surface area contributed by atoms with Gasteiger partial charge in [-0.3, -0.25) is 14.2 Å². The fourth-order valence-corrected chi connectivity index (χ4v) is 5.27. The SMILES string of the molecule is CCc1nc2ccccc2c(=O)n1CC(=O)Nc1ccc(S(=O)(=O)NC(=O)NC2CCCCC2)cc1. The minimum absolute atomic E-state index is 0.0231. The zero-order chi connectivity index (χ0) is 25.7. The number of rotatable bonds is 7. The Kier molecular flexibility index (Phi) is 7.68. The molecule has 1 fully saturated rings. The summed E-state index contributed by atoms with van der Waals surface area (Å²) in [5.74, 6) is 0.0392. The quantitative estimate of drug-likeness (QED) is 0.446. The van der Waals surface area contributed by atoms with Crippen molar-refractivity contribution in [2.24, 2.45) is 0 Å². The highest BCUT2D eigenvalue weighted by Gasteiger charge is 2.21. The number of sulfonamides is 1. The van der Waals surface area contributed by atoms with Crippen molar-refractivity contribution in [1.82, 2.24) is 19.6 Å². The van der Waals surface area contributed by atoms with E-state index in [2.05, 4.69) is 15.6 Å². The zero-order valence-corrected chi connectivity index (χ0v) is 20.8. The Morgan fingerprint density at radius 1 is 1.03 bits per heavy atom. The van der Waals surface area contributed by atoms with Gasteiger partial charge < -0.3 is 10.6 Å². The minimum atomic E-state index is -4.07. The molecular weight excluding hydrogens is 482 g/mol. The maximum Gasteiger partial charge on any atom is 0.328 e. The molecule has 0 aliphatic heterocycles. The van der Waals surface area contributed by atoms with Gasteiger partial charge in [-0.25, -0.2) is 22.9 Å². The van der Waals surface area contributed by atoms with Crippen molar-refractivity contribution in [3.05, 3.63) is 64.7 Å². The molecule has 4 rings (SSSR count). The number of carbonyl (C=O) groups excluding carboxylic acids is 2. The molecule has 0 bridgehead atoms.